The van der Waals surface area contributed by atoms with E-state index in [4.69, 9.17) is 4.74 Å². The number of nitrogens with zero attached hydrogens (tertiary/aromatic N) is 2. The molecule has 36 heavy (non-hydrogen) atoms. The molecule has 1 N–H and O–H groups in total. The van der Waals surface area contributed by atoms with Gasteiger partial charge < -0.3 is 10.1 Å². The molecule has 2 heterocycles. The summed E-state index contributed by atoms with van der Waals surface area (Å²) in [5, 5.41) is 3.56. The van der Waals surface area contributed by atoms with Crippen molar-refractivity contribution in [3.8, 4) is 0 Å². The Morgan fingerprint density at radius 1 is 1.08 bits per heavy atom. The minimum Gasteiger partial charge on any atom is -0.443 e. The largest absolute Gasteiger partial charge is 0.443 e. The molecule has 1 aromatic heterocycles. The number of piperidine rings is 1. The van der Waals surface area contributed by atoms with E-state index in [0.29, 0.717) is 30.2 Å². The van der Waals surface area contributed by atoms with Crippen molar-refractivity contribution in [1.82, 2.24) is 9.47 Å². The maximum atomic E-state index is 12.8. The molecule has 0 radical (unpaired) electrons. The first-order valence-corrected chi connectivity index (χ1v) is 12.5. The molecule has 1 amide bonds. The van der Waals surface area contributed by atoms with Gasteiger partial charge in [-0.15, -0.1) is 0 Å². The second-order valence-corrected chi connectivity index (χ2v) is 11.6. The highest BCUT2D eigenvalue weighted by Gasteiger charge is 2.36. The summed E-state index contributed by atoms with van der Waals surface area (Å²) in [6, 6.07) is 5.83. The molecule has 1 aliphatic rings. The van der Waals surface area contributed by atoms with Crippen LogP contribution in [0.25, 0.3) is 10.9 Å². The molecule has 1 aliphatic heterocycles. The zero-order chi connectivity index (χ0) is 26.9. The molecule has 0 saturated carbocycles. The van der Waals surface area contributed by atoms with Crippen LogP contribution in [0.5, 0.6) is 0 Å². The predicted molar refractivity (Wildman–Crippen MR) is 135 cm³/mol. The number of ether oxygens (including phenoxy) is 1. The van der Waals surface area contributed by atoms with E-state index in [2.05, 4.69) is 19.2 Å². The Labute approximate surface area is 211 Å². The number of carbonyl (C=O) groups excluding carboxylic acids is 2. The maximum absolute atomic E-state index is 12.8. The number of likely N-dealkylation sites (tertiary alicyclic amines) is 1. The van der Waals surface area contributed by atoms with Gasteiger partial charge in [0.1, 0.15) is 5.60 Å². The molecule has 0 atom stereocenters. The Bertz CT molecular complexity index is 1090. The van der Waals surface area contributed by atoms with Gasteiger partial charge in [-0.3, -0.25) is 14.3 Å². The highest BCUT2D eigenvalue weighted by atomic mass is 19.4. The van der Waals surface area contributed by atoms with Gasteiger partial charge in [-0.2, -0.15) is 13.2 Å². The van der Waals surface area contributed by atoms with E-state index in [9.17, 15) is 22.8 Å². The quantitative estimate of drug-likeness (QED) is 0.476. The van der Waals surface area contributed by atoms with Crippen molar-refractivity contribution in [2.45, 2.75) is 79.0 Å². The third-order valence-corrected chi connectivity index (χ3v) is 6.92. The van der Waals surface area contributed by atoms with Gasteiger partial charge in [0, 0.05) is 18.5 Å². The first kappa shape index (κ1) is 28.0. The zero-order valence-electron chi connectivity index (χ0n) is 22.1. The number of aryl methyl sites for hydroxylation is 1. The molecule has 2 aromatic rings. The van der Waals surface area contributed by atoms with E-state index < -0.39 is 24.4 Å². The topological polar surface area (TPSA) is 63.6 Å². The number of hydrogen-bond donors (Lipinski definition) is 1. The van der Waals surface area contributed by atoms with Crippen LogP contribution in [0.2, 0.25) is 0 Å². The van der Waals surface area contributed by atoms with Crippen LogP contribution < -0.4 is 5.32 Å². The fourth-order valence-corrected chi connectivity index (χ4v) is 4.98. The SMILES string of the molecule is CC(=O)Nc1cn(C(=O)OC(C)(C)C)c2ccc(CCC(C)(C)C3CCN(CC(F)(F)F)CC3)cc12. The van der Waals surface area contributed by atoms with Crippen LogP contribution in [0.4, 0.5) is 23.7 Å². The van der Waals surface area contributed by atoms with Crippen molar-refractivity contribution in [3.63, 3.8) is 0 Å². The van der Waals surface area contributed by atoms with Gasteiger partial charge in [0.15, 0.2) is 0 Å². The Morgan fingerprint density at radius 3 is 2.28 bits per heavy atom. The number of anilines is 1. The number of hydrogen-bond acceptors (Lipinski definition) is 4. The number of alkyl halides is 3. The lowest BCUT2D eigenvalue weighted by molar-refractivity contribution is -0.149. The van der Waals surface area contributed by atoms with Gasteiger partial charge in [0.25, 0.3) is 0 Å². The molecule has 0 bridgehead atoms. The lowest BCUT2D eigenvalue weighted by atomic mass is 9.70. The highest BCUT2D eigenvalue weighted by Crippen LogP contribution is 2.39. The third-order valence-electron chi connectivity index (χ3n) is 6.92. The number of fused-ring (bicyclic) bond motifs is 1. The number of halogens is 3. The lowest BCUT2D eigenvalue weighted by Crippen LogP contribution is -2.43. The van der Waals surface area contributed by atoms with Gasteiger partial charge in [-0.1, -0.05) is 19.9 Å². The fraction of sp³-hybridized carbons (Fsp3) is 0.630. The van der Waals surface area contributed by atoms with Crippen LogP contribution in [0.3, 0.4) is 0 Å². The predicted octanol–water partition coefficient (Wildman–Crippen LogP) is 6.62. The van der Waals surface area contributed by atoms with Crippen LogP contribution in [0.1, 0.15) is 66.4 Å². The second-order valence-electron chi connectivity index (χ2n) is 11.6. The van der Waals surface area contributed by atoms with Crippen LogP contribution in [-0.2, 0) is 16.0 Å². The van der Waals surface area contributed by atoms with Crippen LogP contribution in [0.15, 0.2) is 24.4 Å². The number of amides is 1. The Morgan fingerprint density at radius 2 is 1.72 bits per heavy atom. The van der Waals surface area contributed by atoms with E-state index in [1.807, 2.05) is 18.2 Å². The van der Waals surface area contributed by atoms with Gasteiger partial charge in [0.2, 0.25) is 5.91 Å². The molecule has 0 unspecified atom stereocenters. The highest BCUT2D eigenvalue weighted by molar-refractivity contribution is 6.04. The van der Waals surface area contributed by atoms with Gasteiger partial charge >= 0.3 is 12.3 Å². The summed E-state index contributed by atoms with van der Waals surface area (Å²) in [5.41, 5.74) is 1.58. The van der Waals surface area contributed by atoms with Crippen LogP contribution in [0, 0.1) is 11.3 Å². The Kier molecular flexibility index (Phi) is 8.13. The van der Waals surface area contributed by atoms with Gasteiger partial charge in [-0.25, -0.2) is 4.79 Å². The maximum Gasteiger partial charge on any atom is 0.419 e. The first-order valence-electron chi connectivity index (χ1n) is 12.5. The summed E-state index contributed by atoms with van der Waals surface area (Å²) in [6.45, 7) is 11.3. The number of nitrogens with one attached hydrogen (secondary N) is 1. The molecule has 6 nitrogen and oxygen atoms in total. The average molecular weight is 510 g/mol. The van der Waals surface area contributed by atoms with E-state index in [0.717, 1.165) is 36.6 Å². The van der Waals surface area contributed by atoms with Crippen molar-refractivity contribution in [2.24, 2.45) is 11.3 Å². The minimum absolute atomic E-state index is 0.0256. The minimum atomic E-state index is -4.15. The molecule has 3 rings (SSSR count). The average Bonchev–Trinajstić information content (AvgIpc) is 3.08. The third kappa shape index (κ3) is 7.48. The second kappa shape index (κ2) is 10.4. The Hall–Kier alpha value is -2.55. The number of benzene rings is 1. The molecule has 1 saturated heterocycles. The van der Waals surface area contributed by atoms with Crippen molar-refractivity contribution < 1.29 is 27.5 Å². The van der Waals surface area contributed by atoms with E-state index in [1.54, 1.807) is 27.0 Å². The number of aromatic nitrogens is 1. The normalized spacial score (nSPS) is 16.4. The van der Waals surface area contributed by atoms with E-state index >= 15 is 0 Å². The summed E-state index contributed by atoms with van der Waals surface area (Å²) in [5.74, 6) is 0.121. The molecule has 200 valence electrons. The molecular formula is C27H38F3N3O3. The van der Waals surface area contributed by atoms with Crippen molar-refractivity contribution in [3.05, 3.63) is 30.0 Å². The summed E-state index contributed by atoms with van der Waals surface area (Å²) in [4.78, 5) is 26.0. The van der Waals surface area contributed by atoms with E-state index in [1.165, 1.54) is 16.4 Å². The van der Waals surface area contributed by atoms with Gasteiger partial charge in [-0.05, 0) is 88.6 Å². The summed E-state index contributed by atoms with van der Waals surface area (Å²) >= 11 is 0. The fourth-order valence-electron chi connectivity index (χ4n) is 4.98. The first-order chi connectivity index (χ1) is 16.5. The number of carbonyl (C=O) groups is 2. The van der Waals surface area contributed by atoms with Crippen LogP contribution in [-0.4, -0.2) is 52.9 Å². The summed E-state index contributed by atoms with van der Waals surface area (Å²) in [7, 11) is 0. The summed E-state index contributed by atoms with van der Waals surface area (Å²) < 4.78 is 45.1. The summed E-state index contributed by atoms with van der Waals surface area (Å²) in [6.07, 6.45) is 0.0892. The zero-order valence-corrected chi connectivity index (χ0v) is 22.1. The molecule has 1 fully saturated rings. The number of rotatable bonds is 6. The molecular weight excluding hydrogens is 471 g/mol. The molecule has 9 heteroatoms. The molecule has 0 spiro atoms. The van der Waals surface area contributed by atoms with Gasteiger partial charge in [0.05, 0.1) is 17.7 Å². The van der Waals surface area contributed by atoms with Crippen molar-refractivity contribution in [2.75, 3.05) is 25.0 Å². The molecule has 0 aliphatic carbocycles. The smallest absolute Gasteiger partial charge is 0.419 e. The lowest BCUT2D eigenvalue weighted by Gasteiger charge is -2.41. The standard InChI is InChI=1S/C27H38F3N3O3/c1-18(34)31-22-16-33(24(35)36-25(2,3)4)23-8-7-19(15-21(22)23)9-12-26(5,6)20-10-13-32(14-11-20)17-27(28,29)30/h7-8,15-16,20H,9-14,17H2,1-6H3,(H,31,34). The monoisotopic (exact) mass is 509 g/mol. The Balaban J connectivity index is 1.73. The molecule has 1 aromatic carbocycles. The van der Waals surface area contributed by atoms with Crippen molar-refractivity contribution in [1.29, 1.82) is 0 Å². The van der Waals surface area contributed by atoms with E-state index in [-0.39, 0.29) is 11.3 Å². The van der Waals surface area contributed by atoms with Crippen LogP contribution >= 0.6 is 0 Å². The van der Waals surface area contributed by atoms with Crippen molar-refractivity contribution >= 4 is 28.6 Å².